The lowest BCUT2D eigenvalue weighted by Crippen LogP contribution is -2.38. The van der Waals surface area contributed by atoms with E-state index in [1.807, 2.05) is 12.1 Å². The van der Waals surface area contributed by atoms with Gasteiger partial charge in [-0.25, -0.2) is 8.42 Å². The lowest BCUT2D eigenvalue weighted by molar-refractivity contribution is -0.114. The van der Waals surface area contributed by atoms with Crippen LogP contribution in [0, 0.1) is 0 Å². The highest BCUT2D eigenvalue weighted by Crippen LogP contribution is 2.26. The first kappa shape index (κ1) is 21.9. The number of nitrogens with one attached hydrogen (secondary N) is 1. The molecule has 0 aliphatic rings. The molecule has 3 aromatic carbocycles. The molecule has 1 N–H and O–H groups in total. The van der Waals surface area contributed by atoms with E-state index in [1.54, 1.807) is 54.6 Å². The van der Waals surface area contributed by atoms with E-state index in [9.17, 15) is 13.2 Å². The molecule has 0 aliphatic carbocycles. The van der Waals surface area contributed by atoms with Crippen LogP contribution in [0.3, 0.4) is 0 Å². The zero-order chi connectivity index (χ0) is 21.7. The Morgan fingerprint density at radius 3 is 2.10 bits per heavy atom. The lowest BCUT2D eigenvalue weighted by Gasteiger charge is -2.24. The van der Waals surface area contributed by atoms with Gasteiger partial charge in [-0.05, 0) is 60.0 Å². The van der Waals surface area contributed by atoms with Crippen molar-refractivity contribution in [3.05, 3.63) is 89.4 Å². The van der Waals surface area contributed by atoms with Gasteiger partial charge < -0.3 is 5.32 Å². The molecule has 0 saturated carbocycles. The number of benzene rings is 3. The fourth-order valence-electron chi connectivity index (χ4n) is 2.92. The first-order chi connectivity index (χ1) is 14.3. The molecule has 156 valence electrons. The van der Waals surface area contributed by atoms with E-state index in [0.29, 0.717) is 22.3 Å². The highest BCUT2D eigenvalue weighted by Gasteiger charge is 2.27. The normalized spacial score (nSPS) is 11.3. The maximum absolute atomic E-state index is 13.3. The summed E-state index contributed by atoms with van der Waals surface area (Å²) in [5.41, 5.74) is 2.05. The number of sulfonamides is 1. The smallest absolute Gasteiger partial charge is 0.264 e. The summed E-state index contributed by atoms with van der Waals surface area (Å²) in [6.07, 6.45) is 0. The standard InChI is InChI=1S/C23H23ClN2O3S/c1-17(2)18-8-14-21(15-9-18)26(30(28,29)22-6-4-3-5-7-22)16-23(27)25-20-12-10-19(24)11-13-20/h3-15,17H,16H2,1-2H3,(H,25,27). The molecular weight excluding hydrogens is 420 g/mol. The predicted molar refractivity (Wildman–Crippen MR) is 122 cm³/mol. The molecule has 30 heavy (non-hydrogen) atoms. The molecule has 7 heteroatoms. The van der Waals surface area contributed by atoms with Gasteiger partial charge in [0.25, 0.3) is 10.0 Å². The second-order valence-electron chi connectivity index (χ2n) is 7.13. The van der Waals surface area contributed by atoms with Crippen LogP contribution in [0.2, 0.25) is 5.02 Å². The maximum atomic E-state index is 13.3. The van der Waals surface area contributed by atoms with Crippen LogP contribution in [0.4, 0.5) is 11.4 Å². The topological polar surface area (TPSA) is 66.5 Å². The Hall–Kier alpha value is -2.83. The fourth-order valence-corrected chi connectivity index (χ4v) is 4.49. The van der Waals surface area contributed by atoms with Crippen LogP contribution in [-0.2, 0) is 14.8 Å². The third-order valence-electron chi connectivity index (χ3n) is 4.59. The summed E-state index contributed by atoms with van der Waals surface area (Å²) >= 11 is 5.87. The van der Waals surface area contributed by atoms with Gasteiger partial charge in [0.15, 0.2) is 0 Å². The lowest BCUT2D eigenvalue weighted by atomic mass is 10.0. The molecular formula is C23H23ClN2O3S. The van der Waals surface area contributed by atoms with Crippen LogP contribution in [0.15, 0.2) is 83.8 Å². The van der Waals surface area contributed by atoms with Gasteiger partial charge in [0.2, 0.25) is 5.91 Å². The number of carbonyl (C=O) groups is 1. The molecule has 3 rings (SSSR count). The molecule has 0 spiro atoms. The fraction of sp³-hybridized carbons (Fsp3) is 0.174. The van der Waals surface area contributed by atoms with Gasteiger partial charge in [-0.2, -0.15) is 0 Å². The quantitative estimate of drug-likeness (QED) is 0.540. The van der Waals surface area contributed by atoms with E-state index in [0.717, 1.165) is 9.87 Å². The third kappa shape index (κ3) is 5.20. The highest BCUT2D eigenvalue weighted by molar-refractivity contribution is 7.92. The van der Waals surface area contributed by atoms with Crippen LogP contribution in [0.1, 0.15) is 25.3 Å². The minimum atomic E-state index is -3.93. The van der Waals surface area contributed by atoms with Gasteiger partial charge in [0.05, 0.1) is 10.6 Å². The molecule has 0 bridgehead atoms. The van der Waals surface area contributed by atoms with Gasteiger partial charge in [-0.1, -0.05) is 55.8 Å². The SMILES string of the molecule is CC(C)c1ccc(N(CC(=O)Nc2ccc(Cl)cc2)S(=O)(=O)c2ccccc2)cc1. The Balaban J connectivity index is 1.92. The van der Waals surface area contributed by atoms with Crippen molar-refractivity contribution in [2.24, 2.45) is 0 Å². The first-order valence-corrected chi connectivity index (χ1v) is 11.3. The number of carbonyl (C=O) groups excluding carboxylic acids is 1. The first-order valence-electron chi connectivity index (χ1n) is 9.50. The molecule has 3 aromatic rings. The van der Waals surface area contributed by atoms with Crippen LogP contribution >= 0.6 is 11.6 Å². The Morgan fingerprint density at radius 2 is 1.53 bits per heavy atom. The molecule has 0 atom stereocenters. The van der Waals surface area contributed by atoms with Crippen LogP contribution in [0.5, 0.6) is 0 Å². The van der Waals surface area contributed by atoms with Crippen molar-refractivity contribution in [1.29, 1.82) is 0 Å². The van der Waals surface area contributed by atoms with Crippen molar-refractivity contribution < 1.29 is 13.2 Å². The van der Waals surface area contributed by atoms with Crippen molar-refractivity contribution in [2.75, 3.05) is 16.2 Å². The molecule has 0 aliphatic heterocycles. The summed E-state index contributed by atoms with van der Waals surface area (Å²) in [7, 11) is -3.93. The second kappa shape index (κ2) is 9.32. The summed E-state index contributed by atoms with van der Waals surface area (Å²) in [4.78, 5) is 12.8. The van der Waals surface area contributed by atoms with Crippen LogP contribution in [-0.4, -0.2) is 20.9 Å². The molecule has 0 radical (unpaired) electrons. The van der Waals surface area contributed by atoms with Crippen LogP contribution in [0.25, 0.3) is 0 Å². The van der Waals surface area contributed by atoms with E-state index in [4.69, 9.17) is 11.6 Å². The number of hydrogen-bond donors (Lipinski definition) is 1. The number of amides is 1. The van der Waals surface area contributed by atoms with Crippen molar-refractivity contribution >= 4 is 38.9 Å². The number of rotatable bonds is 7. The predicted octanol–water partition coefficient (Wildman–Crippen LogP) is 5.30. The average Bonchev–Trinajstić information content (AvgIpc) is 2.74. The summed E-state index contributed by atoms with van der Waals surface area (Å²) in [5.74, 6) is -0.142. The number of halogens is 1. The highest BCUT2D eigenvalue weighted by atomic mass is 35.5. The summed E-state index contributed by atoms with van der Waals surface area (Å²) < 4.78 is 27.7. The molecule has 5 nitrogen and oxygen atoms in total. The van der Waals surface area contributed by atoms with Crippen molar-refractivity contribution in [3.8, 4) is 0 Å². The number of nitrogens with zero attached hydrogens (tertiary/aromatic N) is 1. The van der Waals surface area contributed by atoms with Crippen molar-refractivity contribution in [1.82, 2.24) is 0 Å². The molecule has 0 saturated heterocycles. The van der Waals surface area contributed by atoms with Gasteiger partial charge >= 0.3 is 0 Å². The molecule has 0 fully saturated rings. The van der Waals surface area contributed by atoms with E-state index in [-0.39, 0.29) is 11.4 Å². The Kier molecular flexibility index (Phi) is 6.80. The largest absolute Gasteiger partial charge is 0.325 e. The Bertz CT molecular complexity index is 1100. The average molecular weight is 443 g/mol. The maximum Gasteiger partial charge on any atom is 0.264 e. The molecule has 0 unspecified atom stereocenters. The van der Waals surface area contributed by atoms with Gasteiger partial charge in [-0.15, -0.1) is 0 Å². The minimum Gasteiger partial charge on any atom is -0.325 e. The van der Waals surface area contributed by atoms with Crippen molar-refractivity contribution in [2.45, 2.75) is 24.7 Å². The second-order valence-corrected chi connectivity index (χ2v) is 9.42. The van der Waals surface area contributed by atoms with Crippen LogP contribution < -0.4 is 9.62 Å². The zero-order valence-electron chi connectivity index (χ0n) is 16.7. The van der Waals surface area contributed by atoms with Crippen molar-refractivity contribution in [3.63, 3.8) is 0 Å². The zero-order valence-corrected chi connectivity index (χ0v) is 18.3. The molecule has 1 amide bonds. The van der Waals surface area contributed by atoms with Gasteiger partial charge in [0, 0.05) is 10.7 Å². The monoisotopic (exact) mass is 442 g/mol. The van der Waals surface area contributed by atoms with E-state index in [2.05, 4.69) is 19.2 Å². The Labute approximate surface area is 182 Å². The van der Waals surface area contributed by atoms with E-state index in [1.165, 1.54) is 12.1 Å². The van der Waals surface area contributed by atoms with E-state index < -0.39 is 15.9 Å². The summed E-state index contributed by atoms with van der Waals surface area (Å²) in [6.45, 7) is 3.76. The van der Waals surface area contributed by atoms with E-state index >= 15 is 0 Å². The molecule has 0 aromatic heterocycles. The summed E-state index contributed by atoms with van der Waals surface area (Å²) in [6, 6.07) is 21.9. The van der Waals surface area contributed by atoms with Gasteiger partial charge in [0.1, 0.15) is 6.54 Å². The minimum absolute atomic E-state index is 0.122. The number of hydrogen-bond acceptors (Lipinski definition) is 3. The summed E-state index contributed by atoms with van der Waals surface area (Å²) in [5, 5.41) is 3.27. The third-order valence-corrected chi connectivity index (χ3v) is 6.63. The molecule has 0 heterocycles. The number of anilines is 2. The van der Waals surface area contributed by atoms with Gasteiger partial charge in [-0.3, -0.25) is 9.10 Å². The Morgan fingerprint density at radius 1 is 0.933 bits per heavy atom.